The monoisotopic (exact) mass is 915 g/mol. The second-order valence-corrected chi connectivity index (χ2v) is 28.3. The third kappa shape index (κ3) is 5.38. The van der Waals surface area contributed by atoms with Crippen molar-refractivity contribution in [2.75, 3.05) is 0 Å². The number of hydrogen-bond donors (Lipinski definition) is 0. The van der Waals surface area contributed by atoms with E-state index in [1.165, 1.54) is 138 Å². The molecule has 352 valence electrons. The lowest BCUT2D eigenvalue weighted by Crippen LogP contribution is -2.60. The summed E-state index contributed by atoms with van der Waals surface area (Å²) in [5.74, 6) is 0. The summed E-state index contributed by atoms with van der Waals surface area (Å²) in [5.41, 5.74) is 28.4. The van der Waals surface area contributed by atoms with Crippen LogP contribution < -0.4 is 16.4 Å². The van der Waals surface area contributed by atoms with Gasteiger partial charge in [-0.05, 0) is 140 Å². The molecule has 3 aliphatic heterocycles. The third-order valence-electron chi connectivity index (χ3n) is 17.5. The fourth-order valence-corrected chi connectivity index (χ4v) is 13.9. The number of benzene rings is 7. The molecule has 5 heterocycles. The molecular weight excluding hydrogens is 844 g/mol. The summed E-state index contributed by atoms with van der Waals surface area (Å²) in [6.07, 6.45) is 0. The van der Waals surface area contributed by atoms with Crippen LogP contribution in [0.1, 0.15) is 180 Å². The Kier molecular flexibility index (Phi) is 8.20. The average molecular weight is 915 g/mol. The van der Waals surface area contributed by atoms with E-state index in [-0.39, 0.29) is 39.2 Å². The minimum atomic E-state index is -0.583. The van der Waals surface area contributed by atoms with Gasteiger partial charge in [0.25, 0.3) is 6.71 Å². The lowest BCUT2D eigenvalue weighted by atomic mass is 9.33. The van der Waals surface area contributed by atoms with E-state index in [4.69, 9.17) is 0 Å². The molecule has 2 aromatic heterocycles. The van der Waals surface area contributed by atoms with E-state index in [0.717, 1.165) is 0 Å². The summed E-state index contributed by atoms with van der Waals surface area (Å²) in [6, 6.07) is 43.0. The Morgan fingerprint density at radius 3 is 1.47 bits per heavy atom. The van der Waals surface area contributed by atoms with Crippen molar-refractivity contribution in [1.29, 1.82) is 0 Å². The largest absolute Gasteiger partial charge is 0.310 e. The quantitative estimate of drug-likeness (QED) is 0.134. The van der Waals surface area contributed by atoms with E-state index >= 15 is 0 Å². The van der Waals surface area contributed by atoms with Crippen LogP contribution >= 0.6 is 0 Å². The van der Waals surface area contributed by atoms with Crippen LogP contribution in [0.5, 0.6) is 0 Å². The first-order valence-corrected chi connectivity index (χ1v) is 26.3. The van der Waals surface area contributed by atoms with Crippen LogP contribution in [0, 0.1) is 0 Å². The Hall–Kier alpha value is -5.80. The van der Waals surface area contributed by atoms with Crippen LogP contribution in [0.2, 0.25) is 0 Å². The summed E-state index contributed by atoms with van der Waals surface area (Å²) in [4.78, 5) is 0. The van der Waals surface area contributed by atoms with Crippen molar-refractivity contribution in [1.82, 2.24) is 9.13 Å². The van der Waals surface area contributed by atoms with Crippen molar-refractivity contribution in [3.63, 3.8) is 0 Å². The van der Waals surface area contributed by atoms with Crippen molar-refractivity contribution >= 4 is 66.7 Å². The van der Waals surface area contributed by atoms with Gasteiger partial charge in [-0.1, -0.05) is 203 Å². The Labute approximate surface area is 417 Å². The standard InChI is InChI=1S/C67H71BN2/c1-61(2,3)36-22-24-40-41-25-23-37(62(4,5)6)33-48(41)67(47(40)32-36)46-27-29-53-56-59(46)70-57-42(30-38(34-49(57)67)63(7,8)9)43-31-39(64(10,11)12)35-51(58(43)70)68(56)50-28-26-45(66(16,17)18)55-54-44(65(13,14)15)20-19-21-52(54)69(53)60(50)55/h19-35H,1-18H3. The van der Waals surface area contributed by atoms with Gasteiger partial charge in [-0.25, -0.2) is 0 Å². The van der Waals surface area contributed by atoms with Gasteiger partial charge in [-0.3, -0.25) is 0 Å². The van der Waals surface area contributed by atoms with Gasteiger partial charge in [0.1, 0.15) is 0 Å². The first-order chi connectivity index (χ1) is 32.5. The third-order valence-corrected chi connectivity index (χ3v) is 17.5. The highest BCUT2D eigenvalue weighted by Gasteiger charge is 2.55. The molecule has 0 saturated carbocycles. The zero-order valence-electron chi connectivity index (χ0n) is 45.3. The van der Waals surface area contributed by atoms with Gasteiger partial charge in [0.05, 0.1) is 16.4 Å². The highest BCUT2D eigenvalue weighted by Crippen LogP contribution is 2.63. The maximum Gasteiger partial charge on any atom is 0.252 e. The molecule has 0 unspecified atom stereocenters. The van der Waals surface area contributed by atoms with Crippen molar-refractivity contribution in [2.45, 2.75) is 163 Å². The van der Waals surface area contributed by atoms with E-state index in [1.54, 1.807) is 0 Å². The van der Waals surface area contributed by atoms with Crippen LogP contribution in [0.4, 0.5) is 0 Å². The number of nitrogens with zero attached hydrogens (tertiary/aromatic N) is 2. The van der Waals surface area contributed by atoms with Gasteiger partial charge >= 0.3 is 0 Å². The summed E-state index contributed by atoms with van der Waals surface area (Å²) < 4.78 is 5.53. The maximum absolute atomic E-state index is 2.81. The van der Waals surface area contributed by atoms with Gasteiger partial charge in [0.15, 0.2) is 0 Å². The molecule has 2 nitrogen and oxygen atoms in total. The molecule has 0 atom stereocenters. The van der Waals surface area contributed by atoms with Crippen LogP contribution in [0.15, 0.2) is 103 Å². The lowest BCUT2D eigenvalue weighted by Gasteiger charge is -2.45. The number of aromatic nitrogens is 2. The molecule has 13 rings (SSSR count). The van der Waals surface area contributed by atoms with E-state index in [9.17, 15) is 0 Å². The van der Waals surface area contributed by atoms with Crippen LogP contribution in [0.25, 0.3) is 66.1 Å². The van der Waals surface area contributed by atoms with Gasteiger partial charge in [-0.2, -0.15) is 0 Å². The lowest BCUT2D eigenvalue weighted by molar-refractivity contribution is 0.583. The summed E-state index contributed by atoms with van der Waals surface area (Å²) in [5, 5.41) is 5.61. The van der Waals surface area contributed by atoms with Crippen molar-refractivity contribution in [2.24, 2.45) is 0 Å². The second-order valence-electron chi connectivity index (χ2n) is 28.3. The number of rotatable bonds is 0. The Morgan fingerprint density at radius 1 is 0.386 bits per heavy atom. The summed E-state index contributed by atoms with van der Waals surface area (Å²) in [6.45, 7) is 43.2. The topological polar surface area (TPSA) is 9.86 Å². The van der Waals surface area contributed by atoms with Crippen LogP contribution in [0.3, 0.4) is 0 Å². The highest BCUT2D eigenvalue weighted by molar-refractivity contribution is 7.00. The van der Waals surface area contributed by atoms with Gasteiger partial charge in [-0.15, -0.1) is 0 Å². The molecule has 1 spiro atoms. The molecule has 7 aromatic carbocycles. The molecule has 1 aliphatic carbocycles. The zero-order valence-corrected chi connectivity index (χ0v) is 45.3. The first kappa shape index (κ1) is 44.2. The van der Waals surface area contributed by atoms with Crippen molar-refractivity contribution < 1.29 is 0 Å². The van der Waals surface area contributed by atoms with Crippen LogP contribution in [-0.4, -0.2) is 15.8 Å². The number of hydrogen-bond acceptors (Lipinski definition) is 0. The summed E-state index contributed by atoms with van der Waals surface area (Å²) in [7, 11) is 0. The van der Waals surface area contributed by atoms with E-state index in [2.05, 4.69) is 237 Å². The highest BCUT2D eigenvalue weighted by atomic mass is 15.1. The average Bonchev–Trinajstić information content (AvgIpc) is 3.89. The molecule has 4 aliphatic rings. The maximum atomic E-state index is 2.81. The first-order valence-electron chi connectivity index (χ1n) is 26.3. The molecule has 0 N–H and O–H groups in total. The molecular formula is C67H71BN2. The Morgan fingerprint density at radius 2 is 0.914 bits per heavy atom. The SMILES string of the molecule is CC(C)(C)c1ccc2c(c1)C1(c3cc(C(C)(C)C)ccc3-2)c2ccc3c4c2-n2c5c(cc(C(C)(C)C)cc5c5cc(C(C)(C)C)cc1c52)B4c1ccc(C(C)(C)C)c2c4c(C(C)(C)C)cccc4n-3c12. The van der Waals surface area contributed by atoms with Gasteiger partial charge in [0, 0.05) is 44.0 Å². The Bertz CT molecular complexity index is 3810. The molecule has 0 saturated heterocycles. The van der Waals surface area contributed by atoms with E-state index in [1.807, 2.05) is 0 Å². The molecule has 70 heavy (non-hydrogen) atoms. The minimum absolute atomic E-state index is 0.0285. The minimum Gasteiger partial charge on any atom is -0.310 e. The molecule has 0 fully saturated rings. The van der Waals surface area contributed by atoms with E-state index < -0.39 is 5.41 Å². The molecule has 0 radical (unpaired) electrons. The van der Waals surface area contributed by atoms with Gasteiger partial charge in [0.2, 0.25) is 0 Å². The normalized spacial score (nSPS) is 15.7. The zero-order chi connectivity index (χ0) is 49.7. The van der Waals surface area contributed by atoms with Gasteiger partial charge < -0.3 is 9.13 Å². The molecule has 0 amide bonds. The smallest absolute Gasteiger partial charge is 0.252 e. The fourth-order valence-electron chi connectivity index (χ4n) is 13.9. The van der Waals surface area contributed by atoms with Crippen molar-refractivity contribution in [3.8, 4) is 22.5 Å². The summed E-state index contributed by atoms with van der Waals surface area (Å²) >= 11 is 0. The predicted molar refractivity (Wildman–Crippen MR) is 303 cm³/mol. The van der Waals surface area contributed by atoms with Crippen molar-refractivity contribution in [3.05, 3.63) is 159 Å². The van der Waals surface area contributed by atoms with E-state index in [0.29, 0.717) is 0 Å². The Balaban J connectivity index is 1.32. The second kappa shape index (κ2) is 13.0. The fraction of sp³-hybridized carbons (Fsp3) is 0.373. The predicted octanol–water partition coefficient (Wildman–Crippen LogP) is 15.5. The molecule has 9 aromatic rings. The molecule has 3 heteroatoms. The molecule has 0 bridgehead atoms. The number of fused-ring (bicyclic) bond motifs is 14. The van der Waals surface area contributed by atoms with Crippen LogP contribution in [-0.2, 0) is 37.9 Å².